The SMILES string of the molecule is CC1CCCCCC(C2CCCC(C)CCCCCN2)CCC1. The second-order valence-corrected chi connectivity index (χ2v) is 8.88. The van der Waals surface area contributed by atoms with E-state index in [2.05, 4.69) is 19.2 Å². The first-order chi connectivity index (χ1) is 11.3. The molecular weight excluding hydrogens is 278 g/mol. The summed E-state index contributed by atoms with van der Waals surface area (Å²) in [6, 6.07) is 0.815. The molecule has 0 aromatic carbocycles. The molecule has 0 aromatic heterocycles. The van der Waals surface area contributed by atoms with Crippen molar-refractivity contribution in [1.82, 2.24) is 5.32 Å². The van der Waals surface area contributed by atoms with E-state index in [0.717, 1.165) is 23.8 Å². The van der Waals surface area contributed by atoms with Crippen LogP contribution in [0.1, 0.15) is 110 Å². The maximum absolute atomic E-state index is 4.00. The van der Waals surface area contributed by atoms with Gasteiger partial charge in [-0.25, -0.2) is 0 Å². The fraction of sp³-hybridized carbons (Fsp3) is 1.00. The zero-order valence-electron chi connectivity index (χ0n) is 16.1. The highest BCUT2D eigenvalue weighted by Gasteiger charge is 2.22. The van der Waals surface area contributed by atoms with Crippen LogP contribution in [0.5, 0.6) is 0 Å². The lowest BCUT2D eigenvalue weighted by atomic mass is 9.82. The van der Waals surface area contributed by atoms with Crippen molar-refractivity contribution >= 4 is 0 Å². The summed E-state index contributed by atoms with van der Waals surface area (Å²) in [5.41, 5.74) is 0. The molecule has 1 saturated heterocycles. The lowest BCUT2D eigenvalue weighted by molar-refractivity contribution is 0.263. The largest absolute Gasteiger partial charge is 0.314 e. The lowest BCUT2D eigenvalue weighted by Crippen LogP contribution is -2.37. The molecule has 1 N–H and O–H groups in total. The number of rotatable bonds is 1. The van der Waals surface area contributed by atoms with Crippen LogP contribution in [-0.4, -0.2) is 12.6 Å². The van der Waals surface area contributed by atoms with Gasteiger partial charge in [0.05, 0.1) is 0 Å². The highest BCUT2D eigenvalue weighted by Crippen LogP contribution is 2.29. The van der Waals surface area contributed by atoms with Gasteiger partial charge in [0.25, 0.3) is 0 Å². The Morgan fingerprint density at radius 3 is 1.78 bits per heavy atom. The van der Waals surface area contributed by atoms with Crippen LogP contribution in [0, 0.1) is 17.8 Å². The molecular formula is C22H43N. The summed E-state index contributed by atoms with van der Waals surface area (Å²) < 4.78 is 0. The van der Waals surface area contributed by atoms with Gasteiger partial charge >= 0.3 is 0 Å². The first-order valence-corrected chi connectivity index (χ1v) is 11.0. The minimum atomic E-state index is 0.815. The molecule has 0 aromatic rings. The molecule has 0 spiro atoms. The van der Waals surface area contributed by atoms with Gasteiger partial charge in [0, 0.05) is 6.04 Å². The van der Waals surface area contributed by atoms with Crippen LogP contribution in [0.2, 0.25) is 0 Å². The predicted molar refractivity (Wildman–Crippen MR) is 103 cm³/mol. The van der Waals surface area contributed by atoms with Gasteiger partial charge in [0.1, 0.15) is 0 Å². The Bertz CT molecular complexity index is 288. The third-order valence-electron chi connectivity index (χ3n) is 6.60. The van der Waals surface area contributed by atoms with E-state index < -0.39 is 0 Å². The molecule has 1 aliphatic carbocycles. The van der Waals surface area contributed by atoms with Crippen LogP contribution in [-0.2, 0) is 0 Å². The van der Waals surface area contributed by atoms with Crippen LogP contribution in [0.15, 0.2) is 0 Å². The summed E-state index contributed by atoms with van der Waals surface area (Å²) in [5, 5.41) is 4.00. The van der Waals surface area contributed by atoms with E-state index in [1.165, 1.54) is 103 Å². The molecule has 1 heteroatoms. The molecule has 0 bridgehead atoms. The zero-order chi connectivity index (χ0) is 16.3. The van der Waals surface area contributed by atoms with Gasteiger partial charge in [0.15, 0.2) is 0 Å². The van der Waals surface area contributed by atoms with Crippen molar-refractivity contribution < 1.29 is 0 Å². The van der Waals surface area contributed by atoms with Crippen molar-refractivity contribution in [3.8, 4) is 0 Å². The van der Waals surface area contributed by atoms with Crippen molar-refractivity contribution in [2.24, 2.45) is 17.8 Å². The summed E-state index contributed by atoms with van der Waals surface area (Å²) >= 11 is 0. The van der Waals surface area contributed by atoms with Gasteiger partial charge in [-0.2, -0.15) is 0 Å². The Morgan fingerprint density at radius 2 is 1.04 bits per heavy atom. The van der Waals surface area contributed by atoms with Crippen molar-refractivity contribution in [3.63, 3.8) is 0 Å². The minimum Gasteiger partial charge on any atom is -0.314 e. The minimum absolute atomic E-state index is 0.815. The first-order valence-electron chi connectivity index (χ1n) is 11.0. The number of hydrogen-bond acceptors (Lipinski definition) is 1. The normalized spacial score (nSPS) is 36.8. The molecule has 4 atom stereocenters. The Kier molecular flexibility index (Phi) is 9.65. The molecule has 4 unspecified atom stereocenters. The van der Waals surface area contributed by atoms with Crippen molar-refractivity contribution in [1.29, 1.82) is 0 Å². The molecule has 2 fully saturated rings. The average molecular weight is 322 g/mol. The number of nitrogens with one attached hydrogen (secondary N) is 1. The molecule has 1 nitrogen and oxygen atoms in total. The van der Waals surface area contributed by atoms with Gasteiger partial charge in [-0.05, 0) is 50.0 Å². The standard InChI is InChI=1S/C22H43N/c1-19-11-5-3-7-15-21(16-9-13-19)22-17-10-14-20(2)12-6-4-8-18-23-22/h19-23H,3-18H2,1-2H3. The fourth-order valence-corrected chi connectivity index (χ4v) is 4.91. The van der Waals surface area contributed by atoms with Crippen LogP contribution < -0.4 is 5.32 Å². The van der Waals surface area contributed by atoms with Gasteiger partial charge in [-0.3, -0.25) is 0 Å². The summed E-state index contributed by atoms with van der Waals surface area (Å²) in [4.78, 5) is 0. The van der Waals surface area contributed by atoms with Crippen molar-refractivity contribution in [3.05, 3.63) is 0 Å². The predicted octanol–water partition coefficient (Wildman–Crippen LogP) is 6.71. The summed E-state index contributed by atoms with van der Waals surface area (Å²) in [6.45, 7) is 6.22. The molecule has 23 heavy (non-hydrogen) atoms. The molecule has 1 saturated carbocycles. The van der Waals surface area contributed by atoms with Crippen LogP contribution in [0.25, 0.3) is 0 Å². The zero-order valence-corrected chi connectivity index (χ0v) is 16.1. The maximum Gasteiger partial charge on any atom is 0.00953 e. The molecule has 136 valence electrons. The topological polar surface area (TPSA) is 12.0 Å². The van der Waals surface area contributed by atoms with E-state index in [4.69, 9.17) is 0 Å². The van der Waals surface area contributed by atoms with Crippen molar-refractivity contribution in [2.75, 3.05) is 6.54 Å². The third kappa shape index (κ3) is 8.05. The van der Waals surface area contributed by atoms with E-state index in [0.29, 0.717) is 0 Å². The van der Waals surface area contributed by atoms with Crippen LogP contribution >= 0.6 is 0 Å². The molecule has 2 aliphatic rings. The monoisotopic (exact) mass is 321 g/mol. The second kappa shape index (κ2) is 11.5. The Balaban J connectivity index is 1.87. The summed E-state index contributed by atoms with van der Waals surface area (Å²) in [5.74, 6) is 2.88. The Labute approximate surface area is 146 Å². The Hall–Kier alpha value is -0.0400. The summed E-state index contributed by atoms with van der Waals surface area (Å²) in [6.07, 6.45) is 21.9. The van der Waals surface area contributed by atoms with Crippen molar-refractivity contribution in [2.45, 2.75) is 116 Å². The number of hydrogen-bond donors (Lipinski definition) is 1. The quantitative estimate of drug-likeness (QED) is 0.566. The van der Waals surface area contributed by atoms with Crippen LogP contribution in [0.4, 0.5) is 0 Å². The van der Waals surface area contributed by atoms with E-state index in [9.17, 15) is 0 Å². The highest BCUT2D eigenvalue weighted by molar-refractivity contribution is 4.79. The Morgan fingerprint density at radius 1 is 0.522 bits per heavy atom. The van der Waals surface area contributed by atoms with E-state index in [1.54, 1.807) is 0 Å². The van der Waals surface area contributed by atoms with Gasteiger partial charge < -0.3 is 5.32 Å². The van der Waals surface area contributed by atoms with Gasteiger partial charge in [-0.15, -0.1) is 0 Å². The smallest absolute Gasteiger partial charge is 0.00953 e. The maximum atomic E-state index is 4.00. The lowest BCUT2D eigenvalue weighted by Gasteiger charge is -2.30. The first kappa shape index (κ1) is 19.3. The molecule has 0 amide bonds. The molecule has 1 heterocycles. The van der Waals surface area contributed by atoms with E-state index >= 15 is 0 Å². The molecule has 2 rings (SSSR count). The highest BCUT2D eigenvalue weighted by atomic mass is 14.9. The molecule has 1 aliphatic heterocycles. The fourth-order valence-electron chi connectivity index (χ4n) is 4.91. The van der Waals surface area contributed by atoms with Crippen LogP contribution in [0.3, 0.4) is 0 Å². The van der Waals surface area contributed by atoms with Gasteiger partial charge in [-0.1, -0.05) is 84.5 Å². The molecule has 0 radical (unpaired) electrons. The van der Waals surface area contributed by atoms with Gasteiger partial charge in [0.2, 0.25) is 0 Å². The van der Waals surface area contributed by atoms with E-state index in [1.807, 2.05) is 0 Å². The average Bonchev–Trinajstić information content (AvgIpc) is 2.59. The second-order valence-electron chi connectivity index (χ2n) is 8.88. The van der Waals surface area contributed by atoms with E-state index in [-0.39, 0.29) is 0 Å². The third-order valence-corrected chi connectivity index (χ3v) is 6.60. The summed E-state index contributed by atoms with van der Waals surface area (Å²) in [7, 11) is 0.